The summed E-state index contributed by atoms with van der Waals surface area (Å²) in [7, 11) is 0. The molecule has 2 aromatic carbocycles. The van der Waals surface area contributed by atoms with Crippen LogP contribution in [0.5, 0.6) is 5.75 Å². The number of ketones is 1. The number of carbonyl (C=O) groups is 2. The molecule has 0 aromatic heterocycles. The van der Waals surface area contributed by atoms with E-state index in [0.717, 1.165) is 0 Å². The Morgan fingerprint density at radius 1 is 1.09 bits per heavy atom. The molecule has 120 valence electrons. The van der Waals surface area contributed by atoms with E-state index in [-0.39, 0.29) is 24.8 Å². The Morgan fingerprint density at radius 2 is 1.83 bits per heavy atom. The summed E-state index contributed by atoms with van der Waals surface area (Å²) in [5.74, 6) is -0.411. The minimum atomic E-state index is -0.553. The highest BCUT2D eigenvalue weighted by molar-refractivity contribution is 5.95. The molecule has 2 aromatic rings. The average Bonchev–Trinajstić information content (AvgIpc) is 2.58. The fourth-order valence-corrected chi connectivity index (χ4v) is 1.92. The zero-order valence-corrected chi connectivity index (χ0v) is 12.8. The molecule has 0 atom stereocenters. The van der Waals surface area contributed by atoms with Gasteiger partial charge in [-0.1, -0.05) is 19.1 Å². The van der Waals surface area contributed by atoms with Crippen LogP contribution in [0, 0.1) is 5.82 Å². The summed E-state index contributed by atoms with van der Waals surface area (Å²) in [5, 5.41) is 0. The standard InChI is InChI=1S/C18H17FO4/c1-2-17(20)14-6-8-16(9-7-14)22-12-18(21)23-11-13-4-3-5-15(19)10-13/h3-10H,2,11-12H2,1H3. The van der Waals surface area contributed by atoms with Crippen LogP contribution < -0.4 is 4.74 Å². The van der Waals surface area contributed by atoms with Crippen molar-refractivity contribution < 1.29 is 23.5 Å². The minimum Gasteiger partial charge on any atom is -0.482 e. The van der Waals surface area contributed by atoms with Crippen molar-refractivity contribution in [2.24, 2.45) is 0 Å². The number of ether oxygens (including phenoxy) is 2. The van der Waals surface area contributed by atoms with Crippen molar-refractivity contribution in [3.05, 3.63) is 65.5 Å². The number of hydrogen-bond donors (Lipinski definition) is 0. The quantitative estimate of drug-likeness (QED) is 0.579. The molecular formula is C18H17FO4. The second-order valence-electron chi connectivity index (χ2n) is 4.88. The Bertz CT molecular complexity index is 680. The molecule has 0 heterocycles. The molecular weight excluding hydrogens is 299 g/mol. The van der Waals surface area contributed by atoms with Gasteiger partial charge in [0.15, 0.2) is 12.4 Å². The van der Waals surface area contributed by atoms with E-state index >= 15 is 0 Å². The molecule has 0 bridgehead atoms. The largest absolute Gasteiger partial charge is 0.482 e. The number of rotatable bonds is 7. The first-order valence-corrected chi connectivity index (χ1v) is 7.24. The first-order valence-electron chi connectivity index (χ1n) is 7.24. The van der Waals surface area contributed by atoms with Crippen molar-refractivity contribution in [2.45, 2.75) is 20.0 Å². The zero-order chi connectivity index (χ0) is 16.7. The lowest BCUT2D eigenvalue weighted by molar-refractivity contribution is -0.147. The van der Waals surface area contributed by atoms with Crippen molar-refractivity contribution in [1.82, 2.24) is 0 Å². The van der Waals surface area contributed by atoms with E-state index in [1.807, 2.05) is 0 Å². The van der Waals surface area contributed by atoms with Gasteiger partial charge in [-0.25, -0.2) is 9.18 Å². The second kappa shape index (κ2) is 8.08. The highest BCUT2D eigenvalue weighted by atomic mass is 19.1. The summed E-state index contributed by atoms with van der Waals surface area (Å²) in [5.41, 5.74) is 1.18. The molecule has 0 unspecified atom stereocenters. The van der Waals surface area contributed by atoms with Crippen LogP contribution in [0.15, 0.2) is 48.5 Å². The van der Waals surface area contributed by atoms with Gasteiger partial charge in [-0.3, -0.25) is 4.79 Å². The predicted molar refractivity (Wildman–Crippen MR) is 82.8 cm³/mol. The van der Waals surface area contributed by atoms with Gasteiger partial charge in [-0.2, -0.15) is 0 Å². The zero-order valence-electron chi connectivity index (χ0n) is 12.8. The van der Waals surface area contributed by atoms with Gasteiger partial charge in [0.25, 0.3) is 0 Å². The number of esters is 1. The summed E-state index contributed by atoms with van der Waals surface area (Å²) in [6.45, 7) is 1.53. The van der Waals surface area contributed by atoms with E-state index in [2.05, 4.69) is 0 Å². The van der Waals surface area contributed by atoms with Crippen molar-refractivity contribution in [3.63, 3.8) is 0 Å². The second-order valence-corrected chi connectivity index (χ2v) is 4.88. The van der Waals surface area contributed by atoms with Crippen LogP contribution >= 0.6 is 0 Å². The van der Waals surface area contributed by atoms with Crippen LogP contribution in [0.4, 0.5) is 4.39 Å². The van der Waals surface area contributed by atoms with E-state index in [4.69, 9.17) is 9.47 Å². The number of carbonyl (C=O) groups excluding carboxylic acids is 2. The van der Waals surface area contributed by atoms with Gasteiger partial charge in [0.05, 0.1) is 0 Å². The third-order valence-corrected chi connectivity index (χ3v) is 3.14. The molecule has 0 aliphatic carbocycles. The normalized spacial score (nSPS) is 10.2. The van der Waals surface area contributed by atoms with Crippen molar-refractivity contribution in [3.8, 4) is 5.75 Å². The monoisotopic (exact) mass is 316 g/mol. The van der Waals surface area contributed by atoms with E-state index in [1.165, 1.54) is 12.1 Å². The highest BCUT2D eigenvalue weighted by Gasteiger charge is 2.07. The van der Waals surface area contributed by atoms with Crippen LogP contribution in [0.3, 0.4) is 0 Å². The summed E-state index contributed by atoms with van der Waals surface area (Å²) >= 11 is 0. The summed E-state index contributed by atoms with van der Waals surface area (Å²) < 4.78 is 23.3. The molecule has 0 saturated heterocycles. The Kier molecular flexibility index (Phi) is 5.86. The van der Waals surface area contributed by atoms with E-state index in [9.17, 15) is 14.0 Å². The minimum absolute atomic E-state index is 0.0100. The molecule has 23 heavy (non-hydrogen) atoms. The third-order valence-electron chi connectivity index (χ3n) is 3.14. The first kappa shape index (κ1) is 16.7. The molecule has 2 rings (SSSR count). The third kappa shape index (κ3) is 5.21. The smallest absolute Gasteiger partial charge is 0.344 e. The van der Waals surface area contributed by atoms with Gasteiger partial charge in [0.2, 0.25) is 0 Å². The van der Waals surface area contributed by atoms with Crippen LogP contribution in [0.1, 0.15) is 29.3 Å². The number of benzene rings is 2. The Labute approximate surface area is 133 Å². The maximum Gasteiger partial charge on any atom is 0.344 e. The van der Waals surface area contributed by atoms with Gasteiger partial charge in [0, 0.05) is 12.0 Å². The van der Waals surface area contributed by atoms with E-state index in [1.54, 1.807) is 43.3 Å². The van der Waals surface area contributed by atoms with Crippen LogP contribution in [0.2, 0.25) is 0 Å². The predicted octanol–water partition coefficient (Wildman–Crippen LogP) is 3.54. The Morgan fingerprint density at radius 3 is 2.48 bits per heavy atom. The first-order chi connectivity index (χ1) is 11.1. The molecule has 0 saturated carbocycles. The molecule has 0 radical (unpaired) electrons. The topological polar surface area (TPSA) is 52.6 Å². The van der Waals surface area contributed by atoms with Gasteiger partial charge in [0.1, 0.15) is 18.2 Å². The SMILES string of the molecule is CCC(=O)c1ccc(OCC(=O)OCc2cccc(F)c2)cc1. The van der Waals surface area contributed by atoms with Gasteiger partial charge < -0.3 is 9.47 Å². The van der Waals surface area contributed by atoms with Crippen molar-refractivity contribution >= 4 is 11.8 Å². The van der Waals surface area contributed by atoms with Crippen LogP contribution in [-0.4, -0.2) is 18.4 Å². The fourth-order valence-electron chi connectivity index (χ4n) is 1.92. The summed E-state index contributed by atoms with van der Waals surface area (Å²) in [6, 6.07) is 12.4. The van der Waals surface area contributed by atoms with Gasteiger partial charge in [-0.05, 0) is 42.0 Å². The fraction of sp³-hybridized carbons (Fsp3) is 0.222. The van der Waals surface area contributed by atoms with Gasteiger partial charge in [-0.15, -0.1) is 0 Å². The molecule has 0 amide bonds. The van der Waals surface area contributed by atoms with E-state index < -0.39 is 5.97 Å². The Hall–Kier alpha value is -2.69. The molecule has 5 heteroatoms. The number of halogens is 1. The molecule has 0 aliphatic rings. The van der Waals surface area contributed by atoms with Gasteiger partial charge >= 0.3 is 5.97 Å². The number of hydrogen-bond acceptors (Lipinski definition) is 4. The average molecular weight is 316 g/mol. The lowest BCUT2D eigenvalue weighted by Gasteiger charge is -2.08. The molecule has 0 spiro atoms. The molecule has 0 fully saturated rings. The Balaban J connectivity index is 1.79. The lowest BCUT2D eigenvalue weighted by Crippen LogP contribution is -2.14. The maximum atomic E-state index is 13.0. The van der Waals surface area contributed by atoms with Crippen LogP contribution in [-0.2, 0) is 16.1 Å². The van der Waals surface area contributed by atoms with Crippen molar-refractivity contribution in [1.29, 1.82) is 0 Å². The van der Waals surface area contributed by atoms with E-state index in [0.29, 0.717) is 23.3 Å². The number of Topliss-reactive ketones (excluding diaryl/α,β-unsaturated/α-hetero) is 1. The molecule has 0 aliphatic heterocycles. The van der Waals surface area contributed by atoms with Crippen LogP contribution in [0.25, 0.3) is 0 Å². The lowest BCUT2D eigenvalue weighted by atomic mass is 10.1. The maximum absolute atomic E-state index is 13.0. The molecule has 0 N–H and O–H groups in total. The summed E-state index contributed by atoms with van der Waals surface area (Å²) in [4.78, 5) is 23.1. The molecule has 4 nitrogen and oxygen atoms in total. The highest BCUT2D eigenvalue weighted by Crippen LogP contribution is 2.13. The van der Waals surface area contributed by atoms with Crippen molar-refractivity contribution in [2.75, 3.05) is 6.61 Å². The summed E-state index contributed by atoms with van der Waals surface area (Å²) in [6.07, 6.45) is 0.437.